The topological polar surface area (TPSA) is 75.3 Å². The normalized spacial score (nSPS) is 12.0. The number of carbonyl (C=O) groups is 1. The van der Waals surface area contributed by atoms with Crippen LogP contribution in [0.5, 0.6) is 0 Å². The fourth-order valence-electron chi connectivity index (χ4n) is 3.24. The Morgan fingerprint density at radius 3 is 2.45 bits per heavy atom. The third-order valence-electron chi connectivity index (χ3n) is 4.83. The predicted molar refractivity (Wildman–Crippen MR) is 129 cm³/mol. The van der Waals surface area contributed by atoms with Gasteiger partial charge in [0.25, 0.3) is 5.91 Å². The van der Waals surface area contributed by atoms with Gasteiger partial charge in [0.05, 0.1) is 9.92 Å². The minimum atomic E-state index is -3.58. The molecule has 0 radical (unpaired) electrons. The molecule has 0 bridgehead atoms. The molecule has 0 unspecified atom stereocenters. The van der Waals surface area contributed by atoms with Crippen molar-refractivity contribution in [2.45, 2.75) is 18.7 Å². The van der Waals surface area contributed by atoms with Gasteiger partial charge in [-0.2, -0.15) is 0 Å². The van der Waals surface area contributed by atoms with Crippen molar-refractivity contribution in [3.8, 4) is 0 Å². The lowest BCUT2D eigenvalue weighted by atomic mass is 10.1. The molecule has 4 aromatic rings. The van der Waals surface area contributed by atoms with E-state index in [2.05, 4.69) is 10.0 Å². The third kappa shape index (κ3) is 4.45. The predicted octanol–water partition coefficient (Wildman–Crippen LogP) is 5.89. The van der Waals surface area contributed by atoms with Gasteiger partial charge in [-0.25, -0.2) is 13.1 Å². The van der Waals surface area contributed by atoms with Gasteiger partial charge in [-0.05, 0) is 47.0 Å². The second-order valence-corrected chi connectivity index (χ2v) is 10.8. The van der Waals surface area contributed by atoms with Crippen LogP contribution in [0.25, 0.3) is 20.9 Å². The Morgan fingerprint density at radius 1 is 1.03 bits per heavy atom. The van der Waals surface area contributed by atoms with Crippen LogP contribution in [0, 0.1) is 5.92 Å². The van der Waals surface area contributed by atoms with Gasteiger partial charge >= 0.3 is 0 Å². The number of sulfonamides is 1. The molecule has 0 aliphatic rings. The first-order valence-electron chi connectivity index (χ1n) is 9.77. The summed E-state index contributed by atoms with van der Waals surface area (Å²) in [6.45, 7) is 4.23. The number of hydrogen-bond acceptors (Lipinski definition) is 4. The zero-order valence-corrected chi connectivity index (χ0v) is 19.4. The molecular weight excluding hydrogens is 452 g/mol. The highest BCUT2D eigenvalue weighted by atomic mass is 35.5. The molecule has 8 heteroatoms. The summed E-state index contributed by atoms with van der Waals surface area (Å²) in [7, 11) is -3.58. The number of benzene rings is 3. The fraction of sp³-hybridized carbons (Fsp3) is 0.174. The number of rotatable bonds is 6. The van der Waals surface area contributed by atoms with Crippen molar-refractivity contribution in [2.75, 3.05) is 11.9 Å². The first kappa shape index (κ1) is 21.8. The van der Waals surface area contributed by atoms with Crippen LogP contribution in [0.2, 0.25) is 5.02 Å². The summed E-state index contributed by atoms with van der Waals surface area (Å²) in [6, 6.07) is 18.0. The molecule has 1 amide bonds. The lowest BCUT2D eigenvalue weighted by Gasteiger charge is -2.10. The molecule has 1 heterocycles. The minimum absolute atomic E-state index is 0.150. The van der Waals surface area contributed by atoms with Crippen LogP contribution in [0.4, 0.5) is 5.69 Å². The number of hydrogen-bond donors (Lipinski definition) is 2. The van der Waals surface area contributed by atoms with E-state index in [0.29, 0.717) is 22.1 Å². The Labute approximate surface area is 190 Å². The molecule has 0 aliphatic heterocycles. The molecule has 1 aromatic heterocycles. The molecule has 2 N–H and O–H groups in total. The summed E-state index contributed by atoms with van der Waals surface area (Å²) < 4.78 is 28.2. The Kier molecular flexibility index (Phi) is 6.03. The maximum absolute atomic E-state index is 12.9. The average molecular weight is 473 g/mol. The molecule has 0 fully saturated rings. The van der Waals surface area contributed by atoms with Crippen molar-refractivity contribution in [1.29, 1.82) is 0 Å². The van der Waals surface area contributed by atoms with Crippen molar-refractivity contribution in [2.24, 2.45) is 5.92 Å². The van der Waals surface area contributed by atoms with E-state index in [0.717, 1.165) is 20.9 Å². The molecule has 0 saturated heterocycles. The van der Waals surface area contributed by atoms with E-state index in [4.69, 9.17) is 11.6 Å². The maximum Gasteiger partial charge on any atom is 0.267 e. The number of thiophene rings is 1. The second-order valence-electron chi connectivity index (χ2n) is 7.63. The van der Waals surface area contributed by atoms with E-state index in [1.54, 1.807) is 12.1 Å². The maximum atomic E-state index is 12.9. The molecule has 31 heavy (non-hydrogen) atoms. The molecule has 0 saturated carbocycles. The smallest absolute Gasteiger partial charge is 0.267 e. The Bertz CT molecular complexity index is 1380. The van der Waals surface area contributed by atoms with Crippen molar-refractivity contribution < 1.29 is 13.2 Å². The lowest BCUT2D eigenvalue weighted by Crippen LogP contribution is -2.27. The fourth-order valence-corrected chi connectivity index (χ4v) is 5.92. The van der Waals surface area contributed by atoms with Crippen LogP contribution in [-0.2, 0) is 10.0 Å². The first-order valence-corrected chi connectivity index (χ1v) is 12.4. The molecule has 0 spiro atoms. The number of fused-ring (bicyclic) bond motifs is 3. The summed E-state index contributed by atoms with van der Waals surface area (Å²) in [5.74, 6) is -0.125. The summed E-state index contributed by atoms with van der Waals surface area (Å²) >= 11 is 7.94. The summed E-state index contributed by atoms with van der Waals surface area (Å²) in [5.41, 5.74) is 0.492. The van der Waals surface area contributed by atoms with Crippen molar-refractivity contribution in [1.82, 2.24) is 4.72 Å². The Morgan fingerprint density at radius 2 is 1.74 bits per heavy atom. The first-order chi connectivity index (χ1) is 14.8. The third-order valence-corrected chi connectivity index (χ3v) is 7.92. The summed E-state index contributed by atoms with van der Waals surface area (Å²) in [4.78, 5) is 13.5. The molecule has 160 valence electrons. The largest absolute Gasteiger partial charge is 0.321 e. The number of carbonyl (C=O) groups excluding carboxylic acids is 1. The van der Waals surface area contributed by atoms with Gasteiger partial charge in [0.1, 0.15) is 4.88 Å². The highest BCUT2D eigenvalue weighted by molar-refractivity contribution is 7.89. The monoisotopic (exact) mass is 472 g/mol. The van der Waals surface area contributed by atoms with Crippen LogP contribution in [0.15, 0.2) is 65.6 Å². The van der Waals surface area contributed by atoms with Gasteiger partial charge in [0, 0.05) is 22.3 Å². The van der Waals surface area contributed by atoms with E-state index < -0.39 is 10.0 Å². The number of amides is 1. The van der Waals surface area contributed by atoms with Gasteiger partial charge in [-0.15, -0.1) is 11.3 Å². The standard InChI is InChI=1S/C23H21ClN2O3S2/c1-14(2)13-25-31(28,29)17-10-8-16(9-11-17)26-23(27)22-21(24)20-18-6-4-3-5-15(18)7-12-19(20)30-22/h3-12,14,25H,13H2,1-2H3,(H,26,27). The summed E-state index contributed by atoms with van der Waals surface area (Å²) in [5, 5.41) is 6.16. The van der Waals surface area contributed by atoms with Crippen LogP contribution in [0.1, 0.15) is 23.5 Å². The van der Waals surface area contributed by atoms with Gasteiger partial charge in [-0.3, -0.25) is 4.79 Å². The van der Waals surface area contributed by atoms with E-state index in [1.165, 1.54) is 23.5 Å². The number of halogens is 1. The van der Waals surface area contributed by atoms with Gasteiger partial charge in [0.2, 0.25) is 10.0 Å². The van der Waals surface area contributed by atoms with Crippen LogP contribution in [-0.4, -0.2) is 20.9 Å². The van der Waals surface area contributed by atoms with Crippen LogP contribution < -0.4 is 10.0 Å². The molecule has 4 rings (SSSR count). The molecule has 5 nitrogen and oxygen atoms in total. The summed E-state index contributed by atoms with van der Waals surface area (Å²) in [6.07, 6.45) is 0. The minimum Gasteiger partial charge on any atom is -0.321 e. The SMILES string of the molecule is CC(C)CNS(=O)(=O)c1ccc(NC(=O)c2sc3ccc4ccccc4c3c2Cl)cc1. The Hall–Kier alpha value is -2.45. The highest BCUT2D eigenvalue weighted by Crippen LogP contribution is 2.40. The van der Waals surface area contributed by atoms with Crippen molar-refractivity contribution in [3.05, 3.63) is 70.6 Å². The van der Waals surface area contributed by atoms with E-state index in [9.17, 15) is 13.2 Å². The Balaban J connectivity index is 1.58. The van der Waals surface area contributed by atoms with Gasteiger partial charge in [-0.1, -0.05) is 55.8 Å². The zero-order chi connectivity index (χ0) is 22.2. The van der Waals surface area contributed by atoms with Crippen LogP contribution in [0.3, 0.4) is 0 Å². The van der Waals surface area contributed by atoms with E-state index in [-0.39, 0.29) is 16.7 Å². The average Bonchev–Trinajstić information content (AvgIpc) is 3.10. The van der Waals surface area contributed by atoms with Crippen molar-refractivity contribution >= 4 is 65.4 Å². The number of anilines is 1. The highest BCUT2D eigenvalue weighted by Gasteiger charge is 2.20. The zero-order valence-electron chi connectivity index (χ0n) is 17.0. The number of nitrogens with one attached hydrogen (secondary N) is 2. The van der Waals surface area contributed by atoms with Crippen LogP contribution >= 0.6 is 22.9 Å². The molecule has 0 atom stereocenters. The lowest BCUT2D eigenvalue weighted by molar-refractivity contribution is 0.103. The molecule has 3 aromatic carbocycles. The van der Waals surface area contributed by atoms with Gasteiger partial charge in [0.15, 0.2) is 0 Å². The van der Waals surface area contributed by atoms with Gasteiger partial charge < -0.3 is 5.32 Å². The van der Waals surface area contributed by atoms with Crippen molar-refractivity contribution in [3.63, 3.8) is 0 Å². The second kappa shape index (κ2) is 8.59. The quantitative estimate of drug-likeness (QED) is 0.367. The molecule has 0 aliphatic carbocycles. The van der Waals surface area contributed by atoms with E-state index >= 15 is 0 Å². The van der Waals surface area contributed by atoms with E-state index in [1.807, 2.05) is 50.2 Å². The molecular formula is C23H21ClN2O3S2.